The summed E-state index contributed by atoms with van der Waals surface area (Å²) in [7, 11) is -1.84. The fraction of sp³-hybridized carbons (Fsp3) is 0.150. The summed E-state index contributed by atoms with van der Waals surface area (Å²) in [5.41, 5.74) is 0.744. The molecule has 0 spiro atoms. The number of ether oxygens (including phenoxy) is 1. The molecular formula is C20H14F3N3O5S3. The Hall–Kier alpha value is -2.94. The molecule has 2 aromatic heterocycles. The van der Waals surface area contributed by atoms with Gasteiger partial charge in [0.25, 0.3) is 5.91 Å². The molecule has 1 aliphatic heterocycles. The van der Waals surface area contributed by atoms with Gasteiger partial charge in [0, 0.05) is 43.5 Å². The zero-order chi connectivity index (χ0) is 24.8. The lowest BCUT2D eigenvalue weighted by Gasteiger charge is -2.17. The van der Waals surface area contributed by atoms with Crippen molar-refractivity contribution in [2.45, 2.75) is 11.3 Å². The summed E-state index contributed by atoms with van der Waals surface area (Å²) in [6.07, 6.45) is -0.797. The second-order valence-corrected chi connectivity index (χ2v) is 10.9. The minimum absolute atomic E-state index is 0.178. The van der Waals surface area contributed by atoms with E-state index < -0.39 is 27.0 Å². The average Bonchev–Trinajstić information content (AvgIpc) is 3.27. The number of carbonyl (C=O) groups is 1. The number of rotatable bonds is 5. The lowest BCUT2D eigenvalue weighted by molar-refractivity contribution is -0.275. The molecule has 0 radical (unpaired) electrons. The molecule has 14 heteroatoms. The first-order chi connectivity index (χ1) is 15.8. The van der Waals surface area contributed by atoms with Crippen LogP contribution >= 0.6 is 24.0 Å². The Kier molecular flexibility index (Phi) is 6.18. The Morgan fingerprint density at radius 1 is 1.24 bits per heavy atom. The van der Waals surface area contributed by atoms with Crippen LogP contribution in [0.4, 0.5) is 13.2 Å². The highest BCUT2D eigenvalue weighted by molar-refractivity contribution is 8.26. The first kappa shape index (κ1) is 24.2. The molecule has 1 aliphatic rings. The van der Waals surface area contributed by atoms with Gasteiger partial charge in [-0.1, -0.05) is 30.0 Å². The number of hydrogen-bond donors (Lipinski definition) is 1. The number of amides is 1. The van der Waals surface area contributed by atoms with E-state index in [4.69, 9.17) is 16.6 Å². The summed E-state index contributed by atoms with van der Waals surface area (Å²) >= 11 is 6.02. The normalized spacial score (nSPS) is 16.0. The number of carbonyl (C=O) groups excluding carboxylic acids is 1. The fourth-order valence-electron chi connectivity index (χ4n) is 3.10. The third-order valence-electron chi connectivity index (χ3n) is 4.60. The summed E-state index contributed by atoms with van der Waals surface area (Å²) < 4.78 is 75.1. The molecule has 0 saturated carbocycles. The Morgan fingerprint density at radius 2 is 1.97 bits per heavy atom. The van der Waals surface area contributed by atoms with Gasteiger partial charge in [-0.3, -0.25) is 9.78 Å². The van der Waals surface area contributed by atoms with E-state index in [1.54, 1.807) is 6.07 Å². The largest absolute Gasteiger partial charge is 0.573 e. The maximum absolute atomic E-state index is 13.0. The van der Waals surface area contributed by atoms with E-state index in [0.717, 1.165) is 28.2 Å². The van der Waals surface area contributed by atoms with Gasteiger partial charge in [0.1, 0.15) is 26.3 Å². The molecule has 178 valence electrons. The van der Waals surface area contributed by atoms with Crippen LogP contribution in [0.15, 0.2) is 50.9 Å². The molecule has 8 nitrogen and oxygen atoms in total. The Bertz CT molecular complexity index is 1460. The number of hydrogen-bond acceptors (Lipinski definition) is 8. The highest BCUT2D eigenvalue weighted by Gasteiger charge is 2.35. The fourth-order valence-corrected chi connectivity index (χ4v) is 5.11. The maximum atomic E-state index is 13.0. The standard InChI is InChI=1S/C20H14F3N3O5S3/c1-26(2)34(28,29)16-4-3-10(6-14(16)31-20(21,22)23)13-9-24-8-11-5-12(30-17(11)13)7-15-18(27)25-19(32)33-15/h3-9H,1-2H3,(H,25,27,32). The number of thioether (sulfide) groups is 1. The Labute approximate surface area is 200 Å². The van der Waals surface area contributed by atoms with Crippen molar-refractivity contribution in [3.8, 4) is 16.9 Å². The van der Waals surface area contributed by atoms with Gasteiger partial charge in [0.2, 0.25) is 10.0 Å². The van der Waals surface area contributed by atoms with Crippen LogP contribution in [0.2, 0.25) is 0 Å². The molecule has 3 aromatic rings. The maximum Gasteiger partial charge on any atom is 0.573 e. The van der Waals surface area contributed by atoms with Crippen molar-refractivity contribution in [2.24, 2.45) is 0 Å². The van der Waals surface area contributed by atoms with Crippen LogP contribution in [0.25, 0.3) is 28.2 Å². The number of halogens is 3. The van der Waals surface area contributed by atoms with E-state index in [2.05, 4.69) is 15.0 Å². The molecule has 0 bridgehead atoms. The summed E-state index contributed by atoms with van der Waals surface area (Å²) in [4.78, 5) is 15.7. The van der Waals surface area contributed by atoms with E-state index in [-0.39, 0.29) is 17.1 Å². The van der Waals surface area contributed by atoms with Crippen LogP contribution in [-0.2, 0) is 14.8 Å². The molecular weight excluding hydrogens is 515 g/mol. The summed E-state index contributed by atoms with van der Waals surface area (Å²) in [6, 6.07) is 4.91. The second-order valence-electron chi connectivity index (χ2n) is 7.10. The minimum Gasteiger partial charge on any atom is -0.456 e. The highest BCUT2D eigenvalue weighted by Crippen LogP contribution is 2.38. The molecule has 1 N–H and O–H groups in total. The van der Waals surface area contributed by atoms with E-state index >= 15 is 0 Å². The lowest BCUT2D eigenvalue weighted by Crippen LogP contribution is -2.25. The van der Waals surface area contributed by atoms with Crippen molar-refractivity contribution < 1.29 is 35.5 Å². The number of furan rings is 1. The topological polar surface area (TPSA) is 102 Å². The first-order valence-electron chi connectivity index (χ1n) is 9.30. The van der Waals surface area contributed by atoms with Gasteiger partial charge in [-0.2, -0.15) is 0 Å². The van der Waals surface area contributed by atoms with Gasteiger partial charge in [-0.15, -0.1) is 13.2 Å². The molecule has 4 rings (SSSR count). The van der Waals surface area contributed by atoms with Crippen molar-refractivity contribution in [3.05, 3.63) is 47.3 Å². The van der Waals surface area contributed by atoms with Gasteiger partial charge in [-0.25, -0.2) is 12.7 Å². The SMILES string of the molecule is CN(C)S(=O)(=O)c1ccc(-c2cncc3cc(C=C4SC(=S)NC4=O)oc23)cc1OC(F)(F)F. The van der Waals surface area contributed by atoms with E-state index in [9.17, 15) is 26.4 Å². The van der Waals surface area contributed by atoms with Crippen molar-refractivity contribution in [1.82, 2.24) is 14.6 Å². The van der Waals surface area contributed by atoms with Crippen LogP contribution < -0.4 is 10.1 Å². The number of aromatic nitrogens is 1. The highest BCUT2D eigenvalue weighted by atomic mass is 32.2. The zero-order valence-electron chi connectivity index (χ0n) is 17.3. The second kappa shape index (κ2) is 8.69. The smallest absolute Gasteiger partial charge is 0.456 e. The van der Waals surface area contributed by atoms with Crippen molar-refractivity contribution in [2.75, 3.05) is 14.1 Å². The molecule has 1 aromatic carbocycles. The molecule has 34 heavy (non-hydrogen) atoms. The van der Waals surface area contributed by atoms with Crippen LogP contribution in [-0.4, -0.2) is 48.4 Å². The zero-order valence-corrected chi connectivity index (χ0v) is 19.8. The summed E-state index contributed by atoms with van der Waals surface area (Å²) in [6.45, 7) is 0. The van der Waals surface area contributed by atoms with Crippen molar-refractivity contribution in [3.63, 3.8) is 0 Å². The average molecular weight is 530 g/mol. The number of sulfonamides is 1. The van der Waals surface area contributed by atoms with Crippen LogP contribution in [0.1, 0.15) is 5.76 Å². The third-order valence-corrected chi connectivity index (χ3v) is 7.61. The van der Waals surface area contributed by atoms with E-state index in [0.29, 0.717) is 25.9 Å². The molecule has 1 amide bonds. The van der Waals surface area contributed by atoms with Gasteiger partial charge in [-0.05, 0) is 23.8 Å². The molecule has 0 atom stereocenters. The molecule has 3 heterocycles. The van der Waals surface area contributed by atoms with Gasteiger partial charge >= 0.3 is 6.36 Å². The first-order valence-corrected chi connectivity index (χ1v) is 12.0. The lowest BCUT2D eigenvalue weighted by atomic mass is 10.1. The minimum atomic E-state index is -5.12. The Morgan fingerprint density at radius 3 is 2.59 bits per heavy atom. The monoisotopic (exact) mass is 529 g/mol. The number of benzene rings is 1. The molecule has 0 aliphatic carbocycles. The van der Waals surface area contributed by atoms with Gasteiger partial charge in [0.15, 0.2) is 0 Å². The van der Waals surface area contributed by atoms with Crippen molar-refractivity contribution >= 4 is 61.3 Å². The number of fused-ring (bicyclic) bond motifs is 1. The third kappa shape index (κ3) is 4.80. The van der Waals surface area contributed by atoms with Crippen LogP contribution in [0.3, 0.4) is 0 Å². The predicted octanol–water partition coefficient (Wildman–Crippen LogP) is 4.13. The van der Waals surface area contributed by atoms with E-state index in [1.807, 2.05) is 0 Å². The number of thiocarbonyl (C=S) groups is 1. The number of pyridine rings is 1. The van der Waals surface area contributed by atoms with Gasteiger partial charge in [0.05, 0.1) is 4.91 Å². The molecule has 0 unspecified atom stereocenters. The number of nitrogens with one attached hydrogen (secondary N) is 1. The predicted molar refractivity (Wildman–Crippen MR) is 123 cm³/mol. The Balaban J connectivity index is 1.83. The number of nitrogens with zero attached hydrogens (tertiary/aromatic N) is 2. The quantitative estimate of drug-likeness (QED) is 0.389. The van der Waals surface area contributed by atoms with Crippen LogP contribution in [0, 0.1) is 0 Å². The van der Waals surface area contributed by atoms with Gasteiger partial charge < -0.3 is 14.5 Å². The van der Waals surface area contributed by atoms with Crippen LogP contribution in [0.5, 0.6) is 5.75 Å². The summed E-state index contributed by atoms with van der Waals surface area (Å²) in [5, 5.41) is 3.00. The molecule has 1 saturated heterocycles. The van der Waals surface area contributed by atoms with Crippen molar-refractivity contribution in [1.29, 1.82) is 0 Å². The molecule has 1 fully saturated rings. The summed E-state index contributed by atoms with van der Waals surface area (Å²) in [5.74, 6) is -0.970. The number of alkyl halides is 3. The van der Waals surface area contributed by atoms with E-state index in [1.165, 1.54) is 38.6 Å².